The minimum absolute atomic E-state index is 0.110. The molecule has 0 atom stereocenters. The number of aliphatic hydroxyl groups is 1. The summed E-state index contributed by atoms with van der Waals surface area (Å²) in [6, 6.07) is 0. The van der Waals surface area contributed by atoms with Crippen LogP contribution in [0, 0.1) is 0 Å². The Hall–Kier alpha value is -0.830. The van der Waals surface area contributed by atoms with Gasteiger partial charge in [0.15, 0.2) is 0 Å². The predicted octanol–water partition coefficient (Wildman–Crippen LogP) is 0.878. The van der Waals surface area contributed by atoms with Gasteiger partial charge < -0.3 is 9.84 Å². The number of carbonyl (C=O) groups is 1. The van der Waals surface area contributed by atoms with Crippen LogP contribution in [-0.4, -0.2) is 24.3 Å². The molecule has 0 unspecified atom stereocenters. The van der Waals surface area contributed by atoms with Gasteiger partial charge in [0.25, 0.3) is 0 Å². The Morgan fingerprint density at radius 2 is 2.18 bits per heavy atom. The van der Waals surface area contributed by atoms with Crippen LogP contribution in [0.1, 0.15) is 19.8 Å². The SMILES string of the molecule is C=C(CCO)CCOC(C)=O. The molecule has 0 fully saturated rings. The highest BCUT2D eigenvalue weighted by atomic mass is 16.5. The fourth-order valence-corrected chi connectivity index (χ4v) is 0.622. The molecule has 0 bridgehead atoms. The van der Waals surface area contributed by atoms with Crippen LogP contribution in [-0.2, 0) is 9.53 Å². The van der Waals surface area contributed by atoms with E-state index in [1.807, 2.05) is 0 Å². The van der Waals surface area contributed by atoms with Crippen LogP contribution in [0.4, 0.5) is 0 Å². The standard InChI is InChI=1S/C8H14O3/c1-7(3-5-9)4-6-11-8(2)10/h9H,1,3-6H2,2H3. The van der Waals surface area contributed by atoms with Crippen LogP contribution >= 0.6 is 0 Å². The van der Waals surface area contributed by atoms with Crippen molar-refractivity contribution in [3.8, 4) is 0 Å². The van der Waals surface area contributed by atoms with E-state index in [9.17, 15) is 4.79 Å². The van der Waals surface area contributed by atoms with Gasteiger partial charge in [-0.1, -0.05) is 12.2 Å². The number of esters is 1. The molecule has 0 aliphatic heterocycles. The molecule has 1 N–H and O–H groups in total. The van der Waals surface area contributed by atoms with E-state index >= 15 is 0 Å². The van der Waals surface area contributed by atoms with Crippen molar-refractivity contribution in [2.75, 3.05) is 13.2 Å². The monoisotopic (exact) mass is 158 g/mol. The van der Waals surface area contributed by atoms with Gasteiger partial charge >= 0.3 is 5.97 Å². The van der Waals surface area contributed by atoms with Gasteiger partial charge in [-0.15, -0.1) is 0 Å². The fourth-order valence-electron chi connectivity index (χ4n) is 0.622. The van der Waals surface area contributed by atoms with E-state index in [0.717, 1.165) is 5.57 Å². The maximum absolute atomic E-state index is 10.3. The smallest absolute Gasteiger partial charge is 0.302 e. The Balaban J connectivity index is 3.24. The lowest BCUT2D eigenvalue weighted by Gasteiger charge is -2.02. The molecule has 0 aromatic rings. The van der Waals surface area contributed by atoms with E-state index in [1.165, 1.54) is 6.92 Å². The number of ether oxygens (including phenoxy) is 1. The molecule has 0 aliphatic carbocycles. The van der Waals surface area contributed by atoms with Crippen molar-refractivity contribution in [2.24, 2.45) is 0 Å². The van der Waals surface area contributed by atoms with E-state index in [2.05, 4.69) is 11.3 Å². The number of hydrogen-bond donors (Lipinski definition) is 1. The quantitative estimate of drug-likeness (QED) is 0.477. The summed E-state index contributed by atoms with van der Waals surface area (Å²) in [6.45, 7) is 5.54. The molecular formula is C8H14O3. The summed E-state index contributed by atoms with van der Waals surface area (Å²) in [5.74, 6) is -0.276. The summed E-state index contributed by atoms with van der Waals surface area (Å²) in [4.78, 5) is 10.3. The van der Waals surface area contributed by atoms with E-state index in [4.69, 9.17) is 5.11 Å². The molecule has 11 heavy (non-hydrogen) atoms. The van der Waals surface area contributed by atoms with Crippen LogP contribution in [0.3, 0.4) is 0 Å². The third kappa shape index (κ3) is 7.06. The lowest BCUT2D eigenvalue weighted by Crippen LogP contribution is -2.01. The molecule has 3 heteroatoms. The van der Waals surface area contributed by atoms with Crippen LogP contribution in [0.25, 0.3) is 0 Å². The van der Waals surface area contributed by atoms with Crippen molar-refractivity contribution in [2.45, 2.75) is 19.8 Å². The third-order valence-electron chi connectivity index (χ3n) is 1.23. The summed E-state index contributed by atoms with van der Waals surface area (Å²) in [7, 11) is 0. The van der Waals surface area contributed by atoms with Crippen LogP contribution in [0.15, 0.2) is 12.2 Å². The maximum Gasteiger partial charge on any atom is 0.302 e. The molecule has 0 spiro atoms. The largest absolute Gasteiger partial charge is 0.466 e. The first kappa shape index (κ1) is 10.2. The van der Waals surface area contributed by atoms with E-state index < -0.39 is 0 Å². The molecule has 0 aromatic heterocycles. The Labute approximate surface area is 66.7 Å². The van der Waals surface area contributed by atoms with Crippen LogP contribution in [0.2, 0.25) is 0 Å². The van der Waals surface area contributed by atoms with Crippen LogP contribution < -0.4 is 0 Å². The van der Waals surface area contributed by atoms with Gasteiger partial charge in [0, 0.05) is 20.0 Å². The van der Waals surface area contributed by atoms with Gasteiger partial charge in [-0.05, 0) is 6.42 Å². The molecule has 3 nitrogen and oxygen atoms in total. The van der Waals surface area contributed by atoms with Gasteiger partial charge in [0.1, 0.15) is 0 Å². The summed E-state index contributed by atoms with van der Waals surface area (Å²) in [5, 5.41) is 8.48. The average molecular weight is 158 g/mol. The van der Waals surface area contributed by atoms with Crippen molar-refractivity contribution >= 4 is 5.97 Å². The normalized spacial score (nSPS) is 9.27. The second-order valence-corrected chi connectivity index (χ2v) is 2.31. The summed E-state index contributed by atoms with van der Waals surface area (Å²) in [5.41, 5.74) is 0.911. The fraction of sp³-hybridized carbons (Fsp3) is 0.625. The second-order valence-electron chi connectivity index (χ2n) is 2.31. The Morgan fingerprint density at radius 1 is 1.55 bits per heavy atom. The highest BCUT2D eigenvalue weighted by molar-refractivity contribution is 5.65. The molecule has 0 saturated heterocycles. The van der Waals surface area contributed by atoms with Crippen molar-refractivity contribution in [3.05, 3.63) is 12.2 Å². The Morgan fingerprint density at radius 3 is 2.64 bits per heavy atom. The van der Waals surface area contributed by atoms with Crippen molar-refractivity contribution in [3.63, 3.8) is 0 Å². The van der Waals surface area contributed by atoms with Crippen molar-refractivity contribution in [1.82, 2.24) is 0 Å². The van der Waals surface area contributed by atoms with E-state index in [1.54, 1.807) is 0 Å². The molecule has 0 saturated carbocycles. The average Bonchev–Trinajstić information content (AvgIpc) is 1.87. The van der Waals surface area contributed by atoms with Gasteiger partial charge in [0.05, 0.1) is 6.61 Å². The molecule has 0 amide bonds. The summed E-state index contributed by atoms with van der Waals surface area (Å²) < 4.78 is 4.68. The van der Waals surface area contributed by atoms with Gasteiger partial charge in [-0.3, -0.25) is 4.79 Å². The molecule has 0 radical (unpaired) electrons. The topological polar surface area (TPSA) is 46.5 Å². The van der Waals surface area contributed by atoms with Crippen molar-refractivity contribution < 1.29 is 14.6 Å². The Bertz CT molecular complexity index is 140. The zero-order valence-electron chi connectivity index (χ0n) is 6.80. The van der Waals surface area contributed by atoms with E-state index in [-0.39, 0.29) is 12.6 Å². The summed E-state index contributed by atoms with van der Waals surface area (Å²) in [6.07, 6.45) is 1.22. The lowest BCUT2D eigenvalue weighted by atomic mass is 10.2. The van der Waals surface area contributed by atoms with E-state index in [0.29, 0.717) is 19.4 Å². The highest BCUT2D eigenvalue weighted by Crippen LogP contribution is 2.02. The number of aliphatic hydroxyl groups excluding tert-OH is 1. The molecular weight excluding hydrogens is 144 g/mol. The number of hydrogen-bond acceptors (Lipinski definition) is 3. The van der Waals surface area contributed by atoms with Gasteiger partial charge in [0.2, 0.25) is 0 Å². The lowest BCUT2D eigenvalue weighted by molar-refractivity contribution is -0.140. The van der Waals surface area contributed by atoms with Crippen molar-refractivity contribution in [1.29, 1.82) is 0 Å². The zero-order valence-corrected chi connectivity index (χ0v) is 6.80. The molecule has 0 aliphatic rings. The number of rotatable bonds is 5. The van der Waals surface area contributed by atoms with Gasteiger partial charge in [-0.25, -0.2) is 0 Å². The first-order valence-corrected chi connectivity index (χ1v) is 3.57. The first-order valence-electron chi connectivity index (χ1n) is 3.57. The minimum atomic E-state index is -0.276. The van der Waals surface area contributed by atoms with Crippen LogP contribution in [0.5, 0.6) is 0 Å². The summed E-state index contributed by atoms with van der Waals surface area (Å²) >= 11 is 0. The highest BCUT2D eigenvalue weighted by Gasteiger charge is 1.95. The Kier molecular flexibility index (Phi) is 5.47. The first-order chi connectivity index (χ1) is 5.16. The maximum atomic E-state index is 10.3. The molecule has 0 aromatic carbocycles. The molecule has 0 rings (SSSR count). The number of carbonyl (C=O) groups excluding carboxylic acids is 1. The molecule has 64 valence electrons. The molecule has 0 heterocycles. The predicted molar refractivity (Wildman–Crippen MR) is 42.1 cm³/mol. The minimum Gasteiger partial charge on any atom is -0.466 e. The third-order valence-corrected chi connectivity index (χ3v) is 1.23. The second kappa shape index (κ2) is 5.92. The zero-order chi connectivity index (χ0) is 8.69. The van der Waals surface area contributed by atoms with Gasteiger partial charge in [-0.2, -0.15) is 0 Å².